The average Bonchev–Trinajstić information content (AvgIpc) is 2.56. The van der Waals surface area contributed by atoms with Crippen LogP contribution in [0.15, 0.2) is 54.9 Å². The largest absolute Gasteiger partial charge is 0.339 e. The van der Waals surface area contributed by atoms with Gasteiger partial charge in [0, 0.05) is 16.4 Å². The van der Waals surface area contributed by atoms with Crippen molar-refractivity contribution in [3.8, 4) is 0 Å². The molecule has 1 amide bonds. The van der Waals surface area contributed by atoms with Crippen LogP contribution in [0.3, 0.4) is 0 Å². The monoisotopic (exact) mass is 352 g/mol. The second-order valence-electron chi connectivity index (χ2n) is 5.75. The van der Waals surface area contributed by atoms with E-state index >= 15 is 0 Å². The van der Waals surface area contributed by atoms with E-state index in [1.54, 1.807) is 12.1 Å². The van der Waals surface area contributed by atoms with Gasteiger partial charge in [-0.3, -0.25) is 4.79 Å². The van der Waals surface area contributed by atoms with Crippen molar-refractivity contribution in [2.45, 2.75) is 13.8 Å². The highest BCUT2D eigenvalue weighted by atomic mass is 35.5. The molecule has 1 heterocycles. The lowest BCUT2D eigenvalue weighted by Crippen LogP contribution is -2.14. The number of amides is 1. The van der Waals surface area contributed by atoms with Crippen molar-refractivity contribution in [2.75, 3.05) is 10.6 Å². The predicted molar refractivity (Wildman–Crippen MR) is 101 cm³/mol. The summed E-state index contributed by atoms with van der Waals surface area (Å²) in [5, 5.41) is 6.60. The van der Waals surface area contributed by atoms with Gasteiger partial charge in [0.25, 0.3) is 5.91 Å². The molecule has 0 bridgehead atoms. The number of aryl methyl sites for hydroxylation is 2. The van der Waals surface area contributed by atoms with Crippen molar-refractivity contribution in [1.82, 2.24) is 9.97 Å². The third-order valence-corrected chi connectivity index (χ3v) is 3.73. The van der Waals surface area contributed by atoms with Crippen LogP contribution in [-0.4, -0.2) is 15.9 Å². The van der Waals surface area contributed by atoms with Crippen molar-refractivity contribution in [2.24, 2.45) is 0 Å². The highest BCUT2D eigenvalue weighted by Gasteiger charge is 2.09. The third-order valence-electron chi connectivity index (χ3n) is 3.48. The fourth-order valence-corrected chi connectivity index (χ4v) is 2.56. The molecule has 1 aromatic heterocycles. The molecular weight excluding hydrogens is 336 g/mol. The van der Waals surface area contributed by atoms with E-state index in [4.69, 9.17) is 11.6 Å². The molecule has 0 radical (unpaired) electrons. The normalized spacial score (nSPS) is 10.4. The van der Waals surface area contributed by atoms with Gasteiger partial charge in [0.15, 0.2) is 0 Å². The summed E-state index contributed by atoms with van der Waals surface area (Å²) >= 11 is 5.86. The Morgan fingerprint density at radius 1 is 0.920 bits per heavy atom. The van der Waals surface area contributed by atoms with E-state index in [0.29, 0.717) is 10.8 Å². The Hall–Kier alpha value is -2.92. The molecule has 2 aromatic carbocycles. The molecule has 0 saturated carbocycles. The molecule has 0 aliphatic heterocycles. The van der Waals surface area contributed by atoms with E-state index in [9.17, 15) is 4.79 Å². The first-order valence-electron chi connectivity index (χ1n) is 7.74. The van der Waals surface area contributed by atoms with E-state index in [2.05, 4.69) is 20.6 Å². The lowest BCUT2D eigenvalue weighted by molar-refractivity contribution is 0.102. The molecule has 0 aliphatic carbocycles. The summed E-state index contributed by atoms with van der Waals surface area (Å²) in [4.78, 5) is 20.7. The number of anilines is 3. The van der Waals surface area contributed by atoms with Gasteiger partial charge in [-0.1, -0.05) is 17.7 Å². The molecule has 2 N–H and O–H groups in total. The second kappa shape index (κ2) is 7.32. The zero-order valence-corrected chi connectivity index (χ0v) is 14.6. The Labute approximate surface area is 151 Å². The average molecular weight is 353 g/mol. The van der Waals surface area contributed by atoms with Crippen LogP contribution in [0, 0.1) is 13.8 Å². The Kier molecular flexibility index (Phi) is 4.95. The van der Waals surface area contributed by atoms with Gasteiger partial charge in [-0.15, -0.1) is 0 Å². The number of halogens is 1. The van der Waals surface area contributed by atoms with Crippen molar-refractivity contribution in [1.29, 1.82) is 0 Å². The number of carbonyl (C=O) groups excluding carboxylic acids is 1. The van der Waals surface area contributed by atoms with Gasteiger partial charge in [-0.25, -0.2) is 9.97 Å². The molecule has 25 heavy (non-hydrogen) atoms. The van der Waals surface area contributed by atoms with E-state index in [-0.39, 0.29) is 11.6 Å². The smallest absolute Gasteiger partial charge is 0.275 e. The van der Waals surface area contributed by atoms with Gasteiger partial charge in [-0.05, 0) is 61.4 Å². The van der Waals surface area contributed by atoms with Crippen molar-refractivity contribution >= 4 is 34.7 Å². The van der Waals surface area contributed by atoms with Gasteiger partial charge in [0.05, 0.1) is 12.4 Å². The maximum atomic E-state index is 12.3. The summed E-state index contributed by atoms with van der Waals surface area (Å²) in [6.45, 7) is 3.97. The minimum atomic E-state index is -0.296. The lowest BCUT2D eigenvalue weighted by atomic mass is 10.1. The minimum absolute atomic E-state index is 0.251. The molecule has 0 aliphatic rings. The molecule has 0 spiro atoms. The fraction of sp³-hybridized carbons (Fsp3) is 0.105. The number of benzene rings is 2. The first kappa shape index (κ1) is 16.9. The number of rotatable bonds is 4. The third kappa shape index (κ3) is 4.55. The zero-order valence-electron chi connectivity index (χ0n) is 13.9. The van der Waals surface area contributed by atoms with Crippen LogP contribution < -0.4 is 10.6 Å². The number of hydrogen-bond acceptors (Lipinski definition) is 4. The highest BCUT2D eigenvalue weighted by Crippen LogP contribution is 2.18. The number of hydrogen-bond donors (Lipinski definition) is 2. The molecule has 0 atom stereocenters. The van der Waals surface area contributed by atoms with Gasteiger partial charge in [-0.2, -0.15) is 0 Å². The maximum Gasteiger partial charge on any atom is 0.275 e. The molecule has 5 nitrogen and oxygen atoms in total. The van der Waals surface area contributed by atoms with Crippen LogP contribution in [0.25, 0.3) is 0 Å². The minimum Gasteiger partial charge on any atom is -0.339 e. The molecule has 6 heteroatoms. The Morgan fingerprint density at radius 2 is 1.60 bits per heavy atom. The fourth-order valence-electron chi connectivity index (χ4n) is 2.43. The zero-order chi connectivity index (χ0) is 17.8. The van der Waals surface area contributed by atoms with Crippen LogP contribution >= 0.6 is 11.6 Å². The Balaban J connectivity index is 1.68. The van der Waals surface area contributed by atoms with Crippen molar-refractivity contribution < 1.29 is 4.79 Å². The Bertz CT molecular complexity index is 872. The molecular formula is C19H17ClN4O. The first-order valence-corrected chi connectivity index (χ1v) is 8.12. The number of nitrogens with one attached hydrogen (secondary N) is 2. The topological polar surface area (TPSA) is 66.9 Å². The molecule has 0 saturated heterocycles. The Morgan fingerprint density at radius 3 is 2.20 bits per heavy atom. The summed E-state index contributed by atoms with van der Waals surface area (Å²) in [5.74, 6) is 0.251. The molecule has 0 unspecified atom stereocenters. The van der Waals surface area contributed by atoms with Crippen LogP contribution in [0.2, 0.25) is 5.02 Å². The number of aromatic nitrogens is 2. The predicted octanol–water partition coefficient (Wildman–Crippen LogP) is 4.74. The van der Waals surface area contributed by atoms with Gasteiger partial charge in [0.1, 0.15) is 11.5 Å². The summed E-state index contributed by atoms with van der Waals surface area (Å²) in [6.07, 6.45) is 2.96. The van der Waals surface area contributed by atoms with Crippen LogP contribution in [0.4, 0.5) is 17.2 Å². The highest BCUT2D eigenvalue weighted by molar-refractivity contribution is 6.30. The SMILES string of the molecule is Cc1cc(C)cc(NC(=O)c2cnc(Nc3ccc(Cl)cc3)cn2)c1. The van der Waals surface area contributed by atoms with Crippen LogP contribution in [0.5, 0.6) is 0 Å². The van der Waals surface area contributed by atoms with Gasteiger partial charge >= 0.3 is 0 Å². The summed E-state index contributed by atoms with van der Waals surface area (Å²) in [5.41, 5.74) is 4.01. The first-order chi connectivity index (χ1) is 12.0. The van der Waals surface area contributed by atoms with E-state index < -0.39 is 0 Å². The van der Waals surface area contributed by atoms with Crippen LogP contribution in [0.1, 0.15) is 21.6 Å². The van der Waals surface area contributed by atoms with Crippen molar-refractivity contribution in [3.05, 3.63) is 76.7 Å². The molecule has 3 rings (SSSR count). The summed E-state index contributed by atoms with van der Waals surface area (Å²) < 4.78 is 0. The standard InChI is InChI=1S/C19H17ClN4O/c1-12-7-13(2)9-16(8-12)24-19(25)17-10-22-18(11-21-17)23-15-5-3-14(20)4-6-15/h3-11H,1-2H3,(H,22,23)(H,24,25). The molecule has 126 valence electrons. The number of nitrogens with zero attached hydrogens (tertiary/aromatic N) is 2. The van der Waals surface area contributed by atoms with E-state index in [1.807, 2.05) is 44.2 Å². The van der Waals surface area contributed by atoms with E-state index in [0.717, 1.165) is 22.5 Å². The maximum absolute atomic E-state index is 12.3. The number of carbonyl (C=O) groups is 1. The van der Waals surface area contributed by atoms with E-state index in [1.165, 1.54) is 12.4 Å². The van der Waals surface area contributed by atoms with Crippen molar-refractivity contribution in [3.63, 3.8) is 0 Å². The lowest BCUT2D eigenvalue weighted by Gasteiger charge is -2.08. The summed E-state index contributed by atoms with van der Waals surface area (Å²) in [6, 6.07) is 13.1. The van der Waals surface area contributed by atoms with Gasteiger partial charge < -0.3 is 10.6 Å². The second-order valence-corrected chi connectivity index (χ2v) is 6.19. The quantitative estimate of drug-likeness (QED) is 0.711. The molecule has 0 fully saturated rings. The summed E-state index contributed by atoms with van der Waals surface area (Å²) in [7, 11) is 0. The van der Waals surface area contributed by atoms with Gasteiger partial charge in [0.2, 0.25) is 0 Å². The molecule has 3 aromatic rings. The van der Waals surface area contributed by atoms with Crippen LogP contribution in [-0.2, 0) is 0 Å².